The maximum atomic E-state index is 12.5. The summed E-state index contributed by atoms with van der Waals surface area (Å²) in [6.07, 6.45) is 9.76. The minimum atomic E-state index is -0.845. The third-order valence-corrected chi connectivity index (χ3v) is 4.90. The van der Waals surface area contributed by atoms with Crippen LogP contribution in [0.1, 0.15) is 64.7 Å². The van der Waals surface area contributed by atoms with Crippen molar-refractivity contribution in [2.45, 2.75) is 70.8 Å². The van der Waals surface area contributed by atoms with Crippen LogP contribution in [0.2, 0.25) is 0 Å². The summed E-state index contributed by atoms with van der Waals surface area (Å²) in [5.41, 5.74) is 0. The molecule has 1 amide bonds. The van der Waals surface area contributed by atoms with Crippen LogP contribution in [0, 0.1) is 11.8 Å². The van der Waals surface area contributed by atoms with Crippen molar-refractivity contribution in [3.63, 3.8) is 0 Å². The van der Waals surface area contributed by atoms with Crippen LogP contribution in [0.15, 0.2) is 0 Å². The van der Waals surface area contributed by atoms with E-state index < -0.39 is 12.0 Å². The molecule has 1 heterocycles. The van der Waals surface area contributed by atoms with E-state index in [0.717, 1.165) is 19.3 Å². The predicted molar refractivity (Wildman–Crippen MR) is 77.3 cm³/mol. The van der Waals surface area contributed by atoms with Gasteiger partial charge in [0.2, 0.25) is 5.91 Å². The Balaban J connectivity index is 1.92. The molecule has 4 heteroatoms. The van der Waals surface area contributed by atoms with E-state index in [1.807, 2.05) is 6.92 Å². The molecular formula is C16H27NO3. The Morgan fingerprint density at radius 1 is 1.10 bits per heavy atom. The van der Waals surface area contributed by atoms with E-state index in [4.69, 9.17) is 0 Å². The van der Waals surface area contributed by atoms with Crippen molar-refractivity contribution in [1.82, 2.24) is 4.90 Å². The van der Waals surface area contributed by atoms with Crippen LogP contribution >= 0.6 is 0 Å². The molecule has 1 saturated carbocycles. The number of aliphatic carboxylic acids is 1. The average Bonchev–Trinajstić information content (AvgIpc) is 2.47. The molecule has 2 rings (SSSR count). The number of hydrogen-bond acceptors (Lipinski definition) is 2. The van der Waals surface area contributed by atoms with Gasteiger partial charge < -0.3 is 10.0 Å². The summed E-state index contributed by atoms with van der Waals surface area (Å²) >= 11 is 0. The number of nitrogens with zero attached hydrogens (tertiary/aromatic N) is 1. The van der Waals surface area contributed by atoms with Crippen LogP contribution < -0.4 is 0 Å². The predicted octanol–water partition coefficient (Wildman–Crippen LogP) is 3.06. The number of carbonyl (C=O) groups excluding carboxylic acids is 1. The lowest BCUT2D eigenvalue weighted by atomic mass is 9.82. The normalized spacial score (nSPS) is 26.2. The van der Waals surface area contributed by atoms with Gasteiger partial charge in [-0.2, -0.15) is 0 Å². The number of rotatable bonds is 4. The summed E-state index contributed by atoms with van der Waals surface area (Å²) in [5, 5.41) is 9.27. The van der Waals surface area contributed by atoms with Crippen molar-refractivity contribution < 1.29 is 14.7 Å². The highest BCUT2D eigenvalue weighted by atomic mass is 16.4. The molecule has 114 valence electrons. The summed E-state index contributed by atoms with van der Waals surface area (Å²) in [6.45, 7) is 2.59. The van der Waals surface area contributed by atoms with Crippen molar-refractivity contribution in [3.05, 3.63) is 0 Å². The second-order valence-corrected chi connectivity index (χ2v) is 6.52. The van der Waals surface area contributed by atoms with Crippen LogP contribution in [-0.2, 0) is 9.59 Å². The van der Waals surface area contributed by atoms with E-state index in [-0.39, 0.29) is 11.8 Å². The second kappa shape index (κ2) is 7.09. The summed E-state index contributed by atoms with van der Waals surface area (Å²) in [4.78, 5) is 25.5. The molecule has 1 aliphatic carbocycles. The Morgan fingerprint density at radius 2 is 1.75 bits per heavy atom. The van der Waals surface area contributed by atoms with Gasteiger partial charge in [-0.25, -0.2) is 4.79 Å². The molecule has 0 aromatic carbocycles. The number of carbonyl (C=O) groups is 2. The molecule has 20 heavy (non-hydrogen) atoms. The first-order chi connectivity index (χ1) is 9.59. The molecule has 2 fully saturated rings. The molecule has 0 aromatic heterocycles. The number of hydrogen-bond donors (Lipinski definition) is 1. The van der Waals surface area contributed by atoms with Crippen molar-refractivity contribution in [2.75, 3.05) is 6.54 Å². The van der Waals surface area contributed by atoms with Gasteiger partial charge in [-0.05, 0) is 31.6 Å². The molecule has 1 aliphatic heterocycles. The van der Waals surface area contributed by atoms with Gasteiger partial charge in [0, 0.05) is 12.5 Å². The fourth-order valence-corrected chi connectivity index (χ4v) is 3.76. The monoisotopic (exact) mass is 281 g/mol. The van der Waals surface area contributed by atoms with Crippen molar-refractivity contribution in [1.29, 1.82) is 0 Å². The standard InChI is InChI=1S/C16H27NO3/c1-12(11-13-7-3-2-4-8-13)15(18)17-10-6-5-9-14(17)16(19)20/h12-14H,2-11H2,1H3,(H,19,20)/t12?,14-/m1/s1. The zero-order chi connectivity index (χ0) is 14.5. The molecule has 1 N–H and O–H groups in total. The Hall–Kier alpha value is -1.06. The SMILES string of the molecule is CC(CC1CCCCC1)C(=O)N1CCCC[C@@H]1C(=O)O. The number of likely N-dealkylation sites (tertiary alicyclic amines) is 1. The fourth-order valence-electron chi connectivity index (χ4n) is 3.76. The zero-order valence-electron chi connectivity index (χ0n) is 12.5. The molecule has 0 bridgehead atoms. The van der Waals surface area contributed by atoms with Gasteiger partial charge in [0.05, 0.1) is 0 Å². The van der Waals surface area contributed by atoms with E-state index in [1.54, 1.807) is 4.90 Å². The summed E-state index contributed by atoms with van der Waals surface area (Å²) in [7, 11) is 0. The maximum absolute atomic E-state index is 12.5. The lowest BCUT2D eigenvalue weighted by Gasteiger charge is -2.35. The molecule has 2 atom stereocenters. The van der Waals surface area contributed by atoms with Crippen LogP contribution in [0.25, 0.3) is 0 Å². The molecule has 0 radical (unpaired) electrons. The van der Waals surface area contributed by atoms with Crippen LogP contribution in [-0.4, -0.2) is 34.5 Å². The highest BCUT2D eigenvalue weighted by Gasteiger charge is 2.34. The van der Waals surface area contributed by atoms with Crippen molar-refractivity contribution in [2.24, 2.45) is 11.8 Å². The minimum Gasteiger partial charge on any atom is -0.480 e. The molecule has 0 aromatic rings. The van der Waals surface area contributed by atoms with E-state index in [1.165, 1.54) is 32.1 Å². The topological polar surface area (TPSA) is 57.6 Å². The molecular weight excluding hydrogens is 254 g/mol. The smallest absolute Gasteiger partial charge is 0.326 e. The molecule has 4 nitrogen and oxygen atoms in total. The number of piperidine rings is 1. The molecule has 1 saturated heterocycles. The highest BCUT2D eigenvalue weighted by molar-refractivity contribution is 5.85. The Kier molecular flexibility index (Phi) is 5.44. The summed E-state index contributed by atoms with van der Waals surface area (Å²) in [6, 6.07) is -0.593. The number of carboxylic acid groups (broad SMARTS) is 1. The Morgan fingerprint density at radius 3 is 2.40 bits per heavy atom. The lowest BCUT2D eigenvalue weighted by Crippen LogP contribution is -2.50. The zero-order valence-corrected chi connectivity index (χ0v) is 12.5. The van der Waals surface area contributed by atoms with Gasteiger partial charge in [0.15, 0.2) is 0 Å². The maximum Gasteiger partial charge on any atom is 0.326 e. The minimum absolute atomic E-state index is 0.0296. The Bertz CT molecular complexity index is 350. The van der Waals surface area contributed by atoms with E-state index in [0.29, 0.717) is 18.9 Å². The molecule has 1 unspecified atom stereocenters. The third-order valence-electron chi connectivity index (χ3n) is 4.90. The highest BCUT2D eigenvalue weighted by Crippen LogP contribution is 2.30. The molecule has 2 aliphatic rings. The lowest BCUT2D eigenvalue weighted by molar-refractivity contribution is -0.154. The number of carboxylic acids is 1. The Labute approximate surface area is 121 Å². The third kappa shape index (κ3) is 3.74. The quantitative estimate of drug-likeness (QED) is 0.861. The summed E-state index contributed by atoms with van der Waals surface area (Å²) < 4.78 is 0. The first kappa shape index (κ1) is 15.3. The first-order valence-electron chi connectivity index (χ1n) is 8.13. The van der Waals surface area contributed by atoms with Gasteiger partial charge >= 0.3 is 5.97 Å². The molecule has 0 spiro atoms. The van der Waals surface area contributed by atoms with Crippen LogP contribution in [0.4, 0.5) is 0 Å². The largest absolute Gasteiger partial charge is 0.480 e. The van der Waals surface area contributed by atoms with Gasteiger partial charge in [0.1, 0.15) is 6.04 Å². The number of amides is 1. The van der Waals surface area contributed by atoms with Crippen LogP contribution in [0.3, 0.4) is 0 Å². The van der Waals surface area contributed by atoms with E-state index in [2.05, 4.69) is 0 Å². The second-order valence-electron chi connectivity index (χ2n) is 6.52. The summed E-state index contributed by atoms with van der Waals surface area (Å²) in [5.74, 6) is -0.153. The van der Waals surface area contributed by atoms with Crippen LogP contribution in [0.5, 0.6) is 0 Å². The first-order valence-corrected chi connectivity index (χ1v) is 8.13. The van der Waals surface area contributed by atoms with Gasteiger partial charge in [-0.15, -0.1) is 0 Å². The van der Waals surface area contributed by atoms with Gasteiger partial charge in [-0.1, -0.05) is 39.0 Å². The van der Waals surface area contributed by atoms with Gasteiger partial charge in [0.25, 0.3) is 0 Å². The van der Waals surface area contributed by atoms with E-state index >= 15 is 0 Å². The average molecular weight is 281 g/mol. The van der Waals surface area contributed by atoms with E-state index in [9.17, 15) is 14.7 Å². The fraction of sp³-hybridized carbons (Fsp3) is 0.875. The van der Waals surface area contributed by atoms with Gasteiger partial charge in [-0.3, -0.25) is 4.79 Å². The van der Waals surface area contributed by atoms with Crippen molar-refractivity contribution >= 4 is 11.9 Å². The van der Waals surface area contributed by atoms with Crippen molar-refractivity contribution in [3.8, 4) is 0 Å².